The lowest BCUT2D eigenvalue weighted by atomic mass is 9.99. The Bertz CT molecular complexity index is 361. The first-order chi connectivity index (χ1) is 6.61. The van der Waals surface area contributed by atoms with Gasteiger partial charge in [0.25, 0.3) is 0 Å². The second kappa shape index (κ2) is 4.51. The van der Waals surface area contributed by atoms with Crippen LogP contribution in [0.4, 0.5) is 0 Å². The number of benzene rings is 1. The number of amides is 1. The van der Waals surface area contributed by atoms with Gasteiger partial charge in [-0.25, -0.2) is 0 Å². The van der Waals surface area contributed by atoms with Crippen LogP contribution in [-0.4, -0.2) is 5.91 Å². The molecular formula is C11H15NOS. The van der Waals surface area contributed by atoms with Crippen molar-refractivity contribution in [1.29, 1.82) is 0 Å². The Kier molecular flexibility index (Phi) is 3.58. The topological polar surface area (TPSA) is 43.1 Å². The quantitative estimate of drug-likeness (QED) is 0.736. The van der Waals surface area contributed by atoms with E-state index in [4.69, 9.17) is 5.73 Å². The molecule has 14 heavy (non-hydrogen) atoms. The first-order valence-electron chi connectivity index (χ1n) is 4.75. The monoisotopic (exact) mass is 209 g/mol. The van der Waals surface area contributed by atoms with Gasteiger partial charge in [0.05, 0.1) is 5.56 Å². The van der Waals surface area contributed by atoms with Crippen LogP contribution in [0.15, 0.2) is 17.0 Å². The lowest BCUT2D eigenvalue weighted by Gasteiger charge is -2.11. The summed E-state index contributed by atoms with van der Waals surface area (Å²) in [5.41, 5.74) is 8.13. The largest absolute Gasteiger partial charge is 0.366 e. The van der Waals surface area contributed by atoms with E-state index >= 15 is 0 Å². The number of carbonyl (C=O) groups excluding carboxylic acids is 1. The van der Waals surface area contributed by atoms with Crippen LogP contribution in [0.1, 0.15) is 35.3 Å². The Morgan fingerprint density at radius 1 is 1.36 bits per heavy atom. The molecule has 0 atom stereocenters. The summed E-state index contributed by atoms with van der Waals surface area (Å²) in [7, 11) is 0. The fourth-order valence-corrected chi connectivity index (χ4v) is 2.09. The molecule has 2 N–H and O–H groups in total. The van der Waals surface area contributed by atoms with Crippen LogP contribution < -0.4 is 5.73 Å². The second-order valence-electron chi connectivity index (χ2n) is 3.17. The van der Waals surface area contributed by atoms with Crippen molar-refractivity contribution >= 4 is 18.5 Å². The van der Waals surface area contributed by atoms with E-state index in [-0.39, 0.29) is 0 Å². The number of carbonyl (C=O) groups is 1. The van der Waals surface area contributed by atoms with Crippen LogP contribution in [0, 0.1) is 0 Å². The minimum absolute atomic E-state index is 0.410. The molecule has 1 rings (SSSR count). The number of hydrogen-bond donors (Lipinski definition) is 2. The van der Waals surface area contributed by atoms with Gasteiger partial charge in [-0.15, -0.1) is 12.6 Å². The highest BCUT2D eigenvalue weighted by Gasteiger charge is 2.11. The van der Waals surface area contributed by atoms with Gasteiger partial charge < -0.3 is 5.73 Å². The summed E-state index contributed by atoms with van der Waals surface area (Å²) in [5.74, 6) is -0.410. The Balaban J connectivity index is 3.34. The molecule has 0 heterocycles. The van der Waals surface area contributed by atoms with Gasteiger partial charge in [0.2, 0.25) is 5.91 Å². The summed E-state index contributed by atoms with van der Waals surface area (Å²) >= 11 is 4.35. The molecule has 76 valence electrons. The maximum absolute atomic E-state index is 11.1. The van der Waals surface area contributed by atoms with Gasteiger partial charge in [0.1, 0.15) is 0 Å². The molecule has 0 fully saturated rings. The molecule has 0 aliphatic carbocycles. The van der Waals surface area contributed by atoms with Gasteiger partial charge >= 0.3 is 0 Å². The molecule has 0 bridgehead atoms. The van der Waals surface area contributed by atoms with E-state index in [9.17, 15) is 4.79 Å². The van der Waals surface area contributed by atoms with Crippen molar-refractivity contribution in [2.75, 3.05) is 0 Å². The summed E-state index contributed by atoms with van der Waals surface area (Å²) < 4.78 is 0. The SMILES string of the molecule is CCc1ccc(C(N)=O)c(S)c1CC. The number of nitrogens with two attached hydrogens (primary N) is 1. The Morgan fingerprint density at radius 2 is 2.00 bits per heavy atom. The molecule has 0 radical (unpaired) electrons. The molecular weight excluding hydrogens is 194 g/mol. The molecule has 0 unspecified atom stereocenters. The van der Waals surface area contributed by atoms with Crippen LogP contribution in [0.25, 0.3) is 0 Å². The van der Waals surface area contributed by atoms with Crippen LogP contribution >= 0.6 is 12.6 Å². The predicted octanol–water partition coefficient (Wildman–Crippen LogP) is 2.20. The molecule has 0 aliphatic rings. The Hall–Kier alpha value is -0.960. The van der Waals surface area contributed by atoms with Crippen LogP contribution in [0.3, 0.4) is 0 Å². The summed E-state index contributed by atoms with van der Waals surface area (Å²) in [4.78, 5) is 11.8. The van der Waals surface area contributed by atoms with Crippen molar-refractivity contribution in [3.63, 3.8) is 0 Å². The van der Waals surface area contributed by atoms with E-state index in [0.717, 1.165) is 23.3 Å². The molecule has 1 amide bonds. The summed E-state index contributed by atoms with van der Waals surface area (Å²) in [6.45, 7) is 4.14. The number of hydrogen-bond acceptors (Lipinski definition) is 2. The van der Waals surface area contributed by atoms with Gasteiger partial charge in [0.15, 0.2) is 0 Å². The average molecular weight is 209 g/mol. The molecule has 0 aromatic heterocycles. The first kappa shape index (κ1) is 11.1. The van der Waals surface area contributed by atoms with E-state index < -0.39 is 5.91 Å². The van der Waals surface area contributed by atoms with Crippen molar-refractivity contribution in [1.82, 2.24) is 0 Å². The van der Waals surface area contributed by atoms with Crippen LogP contribution in [0.5, 0.6) is 0 Å². The zero-order chi connectivity index (χ0) is 10.7. The van der Waals surface area contributed by atoms with Crippen molar-refractivity contribution in [2.45, 2.75) is 31.6 Å². The number of aryl methyl sites for hydroxylation is 1. The zero-order valence-corrected chi connectivity index (χ0v) is 9.40. The van der Waals surface area contributed by atoms with Crippen molar-refractivity contribution < 1.29 is 4.79 Å². The molecule has 2 nitrogen and oxygen atoms in total. The molecule has 3 heteroatoms. The minimum atomic E-state index is -0.410. The summed E-state index contributed by atoms with van der Waals surface area (Å²) in [6, 6.07) is 3.71. The standard InChI is InChI=1S/C11H15NOS/c1-3-7-5-6-9(11(12)13)10(14)8(7)4-2/h5-6,14H,3-4H2,1-2H3,(H2,12,13). The van der Waals surface area contributed by atoms with E-state index in [1.54, 1.807) is 6.07 Å². The second-order valence-corrected chi connectivity index (χ2v) is 3.62. The van der Waals surface area contributed by atoms with Gasteiger partial charge in [-0.1, -0.05) is 19.9 Å². The highest BCUT2D eigenvalue weighted by Crippen LogP contribution is 2.23. The summed E-state index contributed by atoms with van der Waals surface area (Å²) in [6.07, 6.45) is 1.83. The molecule has 0 spiro atoms. The molecule has 0 saturated heterocycles. The molecule has 1 aromatic carbocycles. The van der Waals surface area contributed by atoms with Crippen LogP contribution in [0.2, 0.25) is 0 Å². The smallest absolute Gasteiger partial charge is 0.249 e. The first-order valence-corrected chi connectivity index (χ1v) is 5.20. The maximum Gasteiger partial charge on any atom is 0.249 e. The number of rotatable bonds is 3. The molecule has 0 aliphatic heterocycles. The van der Waals surface area contributed by atoms with Crippen molar-refractivity contribution in [3.8, 4) is 0 Å². The highest BCUT2D eigenvalue weighted by molar-refractivity contribution is 7.80. The average Bonchev–Trinajstić information content (AvgIpc) is 2.16. The normalized spacial score (nSPS) is 10.2. The fraction of sp³-hybridized carbons (Fsp3) is 0.364. The van der Waals surface area contributed by atoms with E-state index in [0.29, 0.717) is 5.56 Å². The van der Waals surface area contributed by atoms with Gasteiger partial charge in [0, 0.05) is 4.90 Å². The fourth-order valence-electron chi connectivity index (χ4n) is 1.60. The van der Waals surface area contributed by atoms with Gasteiger partial charge in [-0.3, -0.25) is 4.79 Å². The number of primary amides is 1. The Labute approximate surface area is 89.9 Å². The lowest BCUT2D eigenvalue weighted by molar-refractivity contribution is 0.0997. The van der Waals surface area contributed by atoms with E-state index in [1.807, 2.05) is 6.07 Å². The van der Waals surface area contributed by atoms with E-state index in [1.165, 1.54) is 5.56 Å². The number of thiol groups is 1. The maximum atomic E-state index is 11.1. The minimum Gasteiger partial charge on any atom is -0.366 e. The Morgan fingerprint density at radius 3 is 2.43 bits per heavy atom. The van der Waals surface area contributed by atoms with Crippen LogP contribution in [-0.2, 0) is 12.8 Å². The van der Waals surface area contributed by atoms with Crippen molar-refractivity contribution in [3.05, 3.63) is 28.8 Å². The summed E-state index contributed by atoms with van der Waals surface area (Å²) in [5, 5.41) is 0. The third kappa shape index (κ3) is 1.93. The van der Waals surface area contributed by atoms with Gasteiger partial charge in [-0.2, -0.15) is 0 Å². The predicted molar refractivity (Wildman–Crippen MR) is 61.0 cm³/mol. The van der Waals surface area contributed by atoms with E-state index in [2.05, 4.69) is 26.5 Å². The lowest BCUT2D eigenvalue weighted by Crippen LogP contribution is -2.13. The highest BCUT2D eigenvalue weighted by atomic mass is 32.1. The van der Waals surface area contributed by atoms with Crippen molar-refractivity contribution in [2.24, 2.45) is 5.73 Å². The van der Waals surface area contributed by atoms with Gasteiger partial charge in [-0.05, 0) is 30.0 Å². The molecule has 1 aromatic rings. The third-order valence-corrected chi connectivity index (χ3v) is 2.89. The third-order valence-electron chi connectivity index (χ3n) is 2.38. The zero-order valence-electron chi connectivity index (χ0n) is 8.50. The molecule has 0 saturated carbocycles.